The predicted molar refractivity (Wildman–Crippen MR) is 76.0 cm³/mol. The molecule has 1 saturated heterocycles. The van der Waals surface area contributed by atoms with Crippen LogP contribution in [-0.4, -0.2) is 26.2 Å². The third-order valence-corrected chi connectivity index (χ3v) is 3.99. The van der Waals surface area contributed by atoms with Crippen LogP contribution in [0.15, 0.2) is 29.3 Å². The maximum absolute atomic E-state index is 5.18. The molecule has 2 aromatic rings. The lowest BCUT2D eigenvalue weighted by molar-refractivity contribution is 0.130. The average molecular weight is 274 g/mol. The monoisotopic (exact) mass is 274 g/mol. The summed E-state index contributed by atoms with van der Waals surface area (Å²) in [5, 5.41) is 8.50. The third kappa shape index (κ3) is 2.77. The van der Waals surface area contributed by atoms with Gasteiger partial charge in [0.05, 0.1) is 18.6 Å². The van der Waals surface area contributed by atoms with E-state index in [-0.39, 0.29) is 0 Å². The van der Waals surface area contributed by atoms with Crippen LogP contribution in [0.5, 0.6) is 0 Å². The Morgan fingerprint density at radius 3 is 3.15 bits per heavy atom. The first-order valence-corrected chi connectivity index (χ1v) is 7.51. The van der Waals surface area contributed by atoms with E-state index in [1.807, 2.05) is 18.7 Å². The maximum Gasteiger partial charge on any atom is 0.150 e. The number of nitrogens with zero attached hydrogens (tertiary/aromatic N) is 4. The highest BCUT2D eigenvalue weighted by Crippen LogP contribution is 2.31. The van der Waals surface area contributed by atoms with Crippen LogP contribution in [0.25, 0.3) is 0 Å². The zero-order valence-electron chi connectivity index (χ0n) is 12.0. The molecule has 5 nitrogen and oxygen atoms in total. The summed E-state index contributed by atoms with van der Waals surface area (Å²) in [5.41, 5.74) is 1.23. The van der Waals surface area contributed by atoms with E-state index in [1.54, 1.807) is 6.26 Å². The molecule has 1 atom stereocenters. The quantitative estimate of drug-likeness (QED) is 0.841. The van der Waals surface area contributed by atoms with Crippen LogP contribution < -0.4 is 0 Å². The van der Waals surface area contributed by atoms with Gasteiger partial charge < -0.3 is 8.98 Å². The zero-order valence-corrected chi connectivity index (χ0v) is 12.0. The Bertz CT molecular complexity index is 520. The molecule has 1 aliphatic heterocycles. The number of hydrogen-bond donors (Lipinski definition) is 0. The molecule has 2 aromatic heterocycles. The average Bonchev–Trinajstić information content (AvgIpc) is 3.12. The Morgan fingerprint density at radius 1 is 1.40 bits per heavy atom. The molecule has 0 radical (unpaired) electrons. The lowest BCUT2D eigenvalue weighted by Crippen LogP contribution is -2.34. The molecule has 0 spiro atoms. The van der Waals surface area contributed by atoms with Gasteiger partial charge in [0.1, 0.15) is 12.2 Å². The van der Waals surface area contributed by atoms with Gasteiger partial charge in [0.25, 0.3) is 0 Å². The van der Waals surface area contributed by atoms with E-state index in [0.717, 1.165) is 31.9 Å². The Kier molecular flexibility index (Phi) is 4.16. The van der Waals surface area contributed by atoms with Gasteiger partial charge in [0, 0.05) is 18.7 Å². The molecule has 20 heavy (non-hydrogen) atoms. The summed E-state index contributed by atoms with van der Waals surface area (Å²) in [6.45, 7) is 5.24. The van der Waals surface area contributed by atoms with Crippen LogP contribution >= 0.6 is 0 Å². The fraction of sp³-hybridized carbons (Fsp3) is 0.600. The van der Waals surface area contributed by atoms with Crippen LogP contribution in [-0.2, 0) is 13.1 Å². The summed E-state index contributed by atoms with van der Waals surface area (Å²) in [6, 6.07) is 2.43. The van der Waals surface area contributed by atoms with Gasteiger partial charge >= 0.3 is 0 Å². The van der Waals surface area contributed by atoms with Crippen LogP contribution in [0, 0.1) is 0 Å². The van der Waals surface area contributed by atoms with E-state index in [4.69, 9.17) is 4.42 Å². The number of furan rings is 1. The van der Waals surface area contributed by atoms with Crippen molar-refractivity contribution in [1.82, 2.24) is 19.7 Å². The third-order valence-electron chi connectivity index (χ3n) is 3.99. The number of aromatic nitrogens is 3. The number of rotatable bonds is 5. The SMILES string of the molecule is CCCn1cnnc1C1CCCCN1Cc1ccoc1. The molecule has 0 bridgehead atoms. The van der Waals surface area contributed by atoms with Crippen LogP contribution in [0.3, 0.4) is 0 Å². The van der Waals surface area contributed by atoms with Gasteiger partial charge in [-0.2, -0.15) is 0 Å². The first-order valence-electron chi connectivity index (χ1n) is 7.51. The van der Waals surface area contributed by atoms with Gasteiger partial charge in [-0.25, -0.2) is 0 Å². The van der Waals surface area contributed by atoms with Gasteiger partial charge in [-0.3, -0.25) is 4.90 Å². The smallest absolute Gasteiger partial charge is 0.150 e. The summed E-state index contributed by atoms with van der Waals surface area (Å²) < 4.78 is 7.39. The van der Waals surface area contributed by atoms with E-state index >= 15 is 0 Å². The Morgan fingerprint density at radius 2 is 2.35 bits per heavy atom. The summed E-state index contributed by atoms with van der Waals surface area (Å²) in [6.07, 6.45) is 10.3. The van der Waals surface area contributed by atoms with Crippen LogP contribution in [0.4, 0.5) is 0 Å². The highest BCUT2D eigenvalue weighted by molar-refractivity contribution is 5.07. The molecular formula is C15H22N4O. The summed E-state index contributed by atoms with van der Waals surface area (Å²) in [7, 11) is 0. The van der Waals surface area contributed by atoms with Crippen molar-refractivity contribution < 1.29 is 4.42 Å². The maximum atomic E-state index is 5.18. The minimum Gasteiger partial charge on any atom is -0.472 e. The highest BCUT2D eigenvalue weighted by Gasteiger charge is 2.27. The minimum atomic E-state index is 0.382. The van der Waals surface area contributed by atoms with Crippen molar-refractivity contribution in [2.45, 2.75) is 51.7 Å². The minimum absolute atomic E-state index is 0.382. The number of hydrogen-bond acceptors (Lipinski definition) is 4. The molecule has 5 heteroatoms. The molecule has 0 amide bonds. The van der Waals surface area contributed by atoms with Crippen molar-refractivity contribution in [3.8, 4) is 0 Å². The molecule has 3 rings (SSSR count). The Balaban J connectivity index is 1.79. The summed E-state index contributed by atoms with van der Waals surface area (Å²) in [5.74, 6) is 1.12. The van der Waals surface area contributed by atoms with Crippen molar-refractivity contribution in [3.63, 3.8) is 0 Å². The number of likely N-dealkylation sites (tertiary alicyclic amines) is 1. The summed E-state index contributed by atoms with van der Waals surface area (Å²) in [4.78, 5) is 2.50. The summed E-state index contributed by atoms with van der Waals surface area (Å²) >= 11 is 0. The van der Waals surface area contributed by atoms with E-state index in [2.05, 4.69) is 26.6 Å². The van der Waals surface area contributed by atoms with Gasteiger partial charge in [0.2, 0.25) is 0 Å². The largest absolute Gasteiger partial charge is 0.472 e. The van der Waals surface area contributed by atoms with E-state index in [1.165, 1.54) is 24.8 Å². The van der Waals surface area contributed by atoms with E-state index in [9.17, 15) is 0 Å². The molecule has 1 unspecified atom stereocenters. The molecule has 1 aliphatic rings. The van der Waals surface area contributed by atoms with Crippen molar-refractivity contribution >= 4 is 0 Å². The second-order valence-corrected chi connectivity index (χ2v) is 5.50. The molecule has 0 aliphatic carbocycles. The van der Waals surface area contributed by atoms with Crippen molar-refractivity contribution in [2.75, 3.05) is 6.54 Å². The molecule has 0 N–H and O–H groups in total. The molecule has 0 saturated carbocycles. The molecule has 108 valence electrons. The second-order valence-electron chi connectivity index (χ2n) is 5.50. The lowest BCUT2D eigenvalue weighted by Gasteiger charge is -2.34. The first kappa shape index (κ1) is 13.4. The normalized spacial score (nSPS) is 20.4. The topological polar surface area (TPSA) is 47.1 Å². The Labute approximate surface area is 119 Å². The van der Waals surface area contributed by atoms with E-state index in [0.29, 0.717) is 6.04 Å². The van der Waals surface area contributed by atoms with Gasteiger partial charge in [0.15, 0.2) is 0 Å². The molecule has 0 aromatic carbocycles. The number of aryl methyl sites for hydroxylation is 1. The fourth-order valence-corrected chi connectivity index (χ4v) is 3.02. The molecule has 1 fully saturated rings. The van der Waals surface area contributed by atoms with Crippen molar-refractivity contribution in [2.24, 2.45) is 0 Å². The first-order chi connectivity index (χ1) is 9.88. The Hall–Kier alpha value is -1.62. The molecule has 3 heterocycles. The lowest BCUT2D eigenvalue weighted by atomic mass is 10.0. The predicted octanol–water partition coefficient (Wildman–Crippen LogP) is 3.01. The van der Waals surface area contributed by atoms with E-state index < -0.39 is 0 Å². The fourth-order valence-electron chi connectivity index (χ4n) is 3.02. The standard InChI is InChI=1S/C15H22N4O/c1-2-7-19-12-16-17-15(19)14-5-3-4-8-18(14)10-13-6-9-20-11-13/h6,9,11-12,14H,2-5,7-8,10H2,1H3. The van der Waals surface area contributed by atoms with Gasteiger partial charge in [-0.1, -0.05) is 13.3 Å². The van der Waals surface area contributed by atoms with Gasteiger partial charge in [-0.05, 0) is 31.9 Å². The van der Waals surface area contributed by atoms with Crippen molar-refractivity contribution in [3.05, 3.63) is 36.3 Å². The highest BCUT2D eigenvalue weighted by atomic mass is 16.3. The van der Waals surface area contributed by atoms with Crippen molar-refractivity contribution in [1.29, 1.82) is 0 Å². The number of piperidine rings is 1. The second kappa shape index (κ2) is 6.22. The van der Waals surface area contributed by atoms with Gasteiger partial charge in [-0.15, -0.1) is 10.2 Å². The van der Waals surface area contributed by atoms with Crippen LogP contribution in [0.2, 0.25) is 0 Å². The molecular weight excluding hydrogens is 252 g/mol. The van der Waals surface area contributed by atoms with Crippen LogP contribution in [0.1, 0.15) is 50.0 Å². The zero-order chi connectivity index (χ0) is 13.8.